The largest absolute Gasteiger partial charge is 1.00 e. The first-order chi connectivity index (χ1) is 6.00. The van der Waals surface area contributed by atoms with Crippen LogP contribution in [-0.4, -0.2) is 4.98 Å². The number of hydrogen-bond donors (Lipinski definition) is 0. The number of hydrogen-bond acceptors (Lipinski definition) is 1. The Morgan fingerprint density at radius 3 is 1.93 bits per heavy atom. The van der Waals surface area contributed by atoms with Gasteiger partial charge >= 0.3 is 0 Å². The van der Waals surface area contributed by atoms with Crippen molar-refractivity contribution in [3.8, 4) is 0 Å². The van der Waals surface area contributed by atoms with E-state index in [0.29, 0.717) is 6.17 Å². The summed E-state index contributed by atoms with van der Waals surface area (Å²) in [5, 5.41) is 0. The summed E-state index contributed by atoms with van der Waals surface area (Å²) in [5.41, 5.74) is 1.31. The summed E-state index contributed by atoms with van der Waals surface area (Å²) >= 11 is 0. The molecule has 0 saturated carbocycles. The van der Waals surface area contributed by atoms with E-state index in [0.717, 1.165) is 0 Å². The monoisotopic (exact) mass is 326 g/mol. The Bertz CT molecular complexity index is 251. The third kappa shape index (κ3) is 11.2. The fourth-order valence-corrected chi connectivity index (χ4v) is 0.764. The molecule has 0 aliphatic rings. The van der Waals surface area contributed by atoms with Crippen LogP contribution in [0.3, 0.4) is 0 Å². The van der Waals surface area contributed by atoms with Crippen molar-refractivity contribution < 1.29 is 59.9 Å². The van der Waals surface area contributed by atoms with E-state index in [1.165, 1.54) is 5.56 Å². The molecule has 4 heteroatoms. The molecule has 3 radical (unpaired) electrons. The summed E-state index contributed by atoms with van der Waals surface area (Å²) in [5.74, 6) is 0. The number of aromatic nitrogens is 1. The molecular weight excluding hydrogens is 299 g/mol. The Morgan fingerprint density at radius 2 is 1.67 bits per heavy atom. The number of nitrogens with zero attached hydrogens (tertiary/aromatic N) is 1. The average Bonchev–Trinajstić information content (AvgIpc) is 2.07. The van der Waals surface area contributed by atoms with Crippen LogP contribution in [0.4, 0.5) is 0 Å². The van der Waals surface area contributed by atoms with E-state index in [4.69, 9.17) is 1.37 Å². The fourth-order valence-electron chi connectivity index (χ4n) is 0.764. The van der Waals surface area contributed by atoms with Gasteiger partial charge in [0.05, 0.1) is 1.37 Å². The first-order valence-electron chi connectivity index (χ1n) is 4.93. The third-order valence-corrected chi connectivity index (χ3v) is 1.48. The van der Waals surface area contributed by atoms with Crippen LogP contribution in [0.5, 0.6) is 0 Å². The van der Waals surface area contributed by atoms with Crippen LogP contribution in [0.15, 0.2) is 24.5 Å². The molecule has 0 fully saturated rings. The average molecular weight is 326 g/mol. The molecule has 0 amide bonds. The van der Waals surface area contributed by atoms with Gasteiger partial charge in [-0.25, -0.2) is 0 Å². The zero-order valence-corrected chi connectivity index (χ0v) is 14.2. The predicted molar refractivity (Wildman–Crippen MR) is 56.5 cm³/mol. The smallest absolute Gasteiger partial charge is 0.0840 e. The van der Waals surface area contributed by atoms with Gasteiger partial charge in [0.1, 0.15) is 0 Å². The summed E-state index contributed by atoms with van der Waals surface area (Å²) in [4.78, 5) is 3.91. The SMILES string of the molecule is CC.[3H-].[3H-].[3H]c1ccc(C(C)(C)C)cn1.[V].[V].[V]. The van der Waals surface area contributed by atoms with Crippen molar-refractivity contribution in [1.29, 1.82) is 0 Å². The molecule has 0 aliphatic heterocycles. The van der Waals surface area contributed by atoms with Crippen molar-refractivity contribution in [2.24, 2.45) is 0 Å². The zero-order chi connectivity index (χ0) is 10.5. The van der Waals surface area contributed by atoms with E-state index < -0.39 is 0 Å². The van der Waals surface area contributed by atoms with Gasteiger partial charge in [0, 0.05) is 68.0 Å². The standard InChI is InChI=1S/C9H13N.C2H6.3V.2H/c1-9(2,3)8-5-4-6-10-7-8;1-2;;;;;/h4-7H,1-3H3;1-2H3;;;;;/q;;;;;2*-1/i6T;;;;;2*1+2. The van der Waals surface area contributed by atoms with Crippen molar-refractivity contribution >= 4 is 0 Å². The normalized spacial score (nSPS) is 9.00. The van der Waals surface area contributed by atoms with Crippen LogP contribution in [0.2, 0.25) is 0 Å². The molecule has 0 saturated heterocycles. The van der Waals surface area contributed by atoms with Gasteiger partial charge in [-0.15, -0.1) is 0 Å². The van der Waals surface area contributed by atoms with Gasteiger partial charge in [-0.3, -0.25) is 4.98 Å². The molecule has 1 nitrogen and oxygen atoms in total. The molecule has 0 aliphatic carbocycles. The fraction of sp³-hybridized carbons (Fsp3) is 0.545. The van der Waals surface area contributed by atoms with Gasteiger partial charge in [0.25, 0.3) is 0 Å². The van der Waals surface area contributed by atoms with E-state index in [2.05, 4.69) is 25.8 Å². The van der Waals surface area contributed by atoms with Gasteiger partial charge in [-0.05, 0) is 17.0 Å². The second-order valence-corrected chi connectivity index (χ2v) is 3.43. The topological polar surface area (TPSA) is 12.9 Å². The molecule has 1 aromatic rings. The first kappa shape index (κ1) is 21.2. The van der Waals surface area contributed by atoms with Crippen LogP contribution in [-0.2, 0) is 61.1 Å². The molecule has 0 unspecified atom stereocenters. The maximum absolute atomic E-state index is 7.19. The van der Waals surface area contributed by atoms with Gasteiger partial charge in [-0.2, -0.15) is 0 Å². The van der Waals surface area contributed by atoms with Crippen molar-refractivity contribution in [3.63, 3.8) is 0 Å². The molecule has 0 aromatic carbocycles. The van der Waals surface area contributed by atoms with E-state index in [9.17, 15) is 0 Å². The Labute approximate surface area is 134 Å². The molecule has 0 N–H and O–H groups in total. The summed E-state index contributed by atoms with van der Waals surface area (Å²) in [6.07, 6.45) is 2.10. The molecule has 15 heavy (non-hydrogen) atoms. The summed E-state index contributed by atoms with van der Waals surface area (Å²) < 4.78 is 7.19. The van der Waals surface area contributed by atoms with E-state index in [-0.39, 0.29) is 63.9 Å². The second-order valence-electron chi connectivity index (χ2n) is 3.43. The van der Waals surface area contributed by atoms with E-state index in [1.54, 1.807) is 12.3 Å². The summed E-state index contributed by atoms with van der Waals surface area (Å²) in [7, 11) is 0. The predicted octanol–water partition coefficient (Wildman–Crippen LogP) is 3.62. The maximum Gasteiger partial charge on any atom is 0.0840 e. The Hall–Kier alpha value is 0.903. The minimum absolute atomic E-state index is 0. The van der Waals surface area contributed by atoms with Crippen molar-refractivity contribution in [2.75, 3.05) is 0 Å². The van der Waals surface area contributed by atoms with E-state index >= 15 is 0 Å². The Balaban J connectivity index is -0.0000000490. The third-order valence-electron chi connectivity index (χ3n) is 1.48. The first-order valence-corrected chi connectivity index (χ1v) is 4.43. The molecule has 0 bridgehead atoms. The number of rotatable bonds is 0. The quantitative estimate of drug-likeness (QED) is 0.710. The molecule has 87 valence electrons. The second kappa shape index (κ2) is 13.0. The van der Waals surface area contributed by atoms with Crippen LogP contribution in [0.25, 0.3) is 0 Å². The molecule has 1 rings (SSSR count). The van der Waals surface area contributed by atoms with E-state index in [1.807, 2.05) is 19.9 Å². The molecule has 1 heterocycles. The molecule has 0 spiro atoms. The maximum atomic E-state index is 7.19. The Kier molecular flexibility index (Phi) is 18.3. The number of pyridine rings is 1. The van der Waals surface area contributed by atoms with Crippen LogP contribution >= 0.6 is 0 Å². The van der Waals surface area contributed by atoms with Crippen LogP contribution in [0.1, 0.15) is 44.4 Å². The van der Waals surface area contributed by atoms with Crippen LogP contribution < -0.4 is 0 Å². The minimum atomic E-state index is 0. The molecular formula is C11H21NV3-2. The van der Waals surface area contributed by atoms with Crippen LogP contribution in [0, 0.1) is 0 Å². The summed E-state index contributed by atoms with van der Waals surface area (Å²) in [6, 6.07) is 3.68. The van der Waals surface area contributed by atoms with Gasteiger partial charge in [0.2, 0.25) is 0 Å². The van der Waals surface area contributed by atoms with Crippen molar-refractivity contribution in [2.45, 2.75) is 40.0 Å². The van der Waals surface area contributed by atoms with Crippen molar-refractivity contribution in [3.05, 3.63) is 30.1 Å². The van der Waals surface area contributed by atoms with Gasteiger partial charge < -0.3 is 2.85 Å². The Morgan fingerprint density at radius 1 is 1.20 bits per heavy atom. The van der Waals surface area contributed by atoms with Gasteiger partial charge in [0.15, 0.2) is 0 Å². The summed E-state index contributed by atoms with van der Waals surface area (Å²) in [6.45, 7) is 10.4. The molecule has 1 aromatic heterocycles. The van der Waals surface area contributed by atoms with Crippen molar-refractivity contribution in [1.82, 2.24) is 4.98 Å². The zero-order valence-electron chi connectivity index (χ0n) is 13.0. The minimum Gasteiger partial charge on any atom is -1.00 e. The van der Waals surface area contributed by atoms with Gasteiger partial charge in [-0.1, -0.05) is 40.7 Å². The molecule has 0 atom stereocenters.